The predicted octanol–water partition coefficient (Wildman–Crippen LogP) is 2.16. The van der Waals surface area contributed by atoms with E-state index >= 15 is 0 Å². The Hall–Kier alpha value is -1.39. The minimum atomic E-state index is -0.592. The van der Waals surface area contributed by atoms with Crippen LogP contribution in [0.1, 0.15) is 32.8 Å². The second-order valence-corrected chi connectivity index (χ2v) is 6.53. The summed E-state index contributed by atoms with van der Waals surface area (Å²) in [6.45, 7) is 6.64. The van der Waals surface area contributed by atoms with Crippen LogP contribution >= 0.6 is 0 Å². The second-order valence-electron chi connectivity index (χ2n) is 6.53. The molecule has 1 aromatic carbocycles. The molecule has 2 rings (SSSR count). The molecule has 1 aliphatic heterocycles. The Morgan fingerprint density at radius 3 is 2.64 bits per heavy atom. The zero-order valence-electron chi connectivity index (χ0n) is 13.7. The molecule has 122 valence electrons. The lowest BCUT2D eigenvalue weighted by Gasteiger charge is -2.25. The summed E-state index contributed by atoms with van der Waals surface area (Å²) in [5, 5.41) is 13.2. The molecule has 1 aliphatic rings. The van der Waals surface area contributed by atoms with Gasteiger partial charge in [0.05, 0.1) is 24.2 Å². The SMILES string of the molecule is CC(C)C1OCCC1C(=O)NC(C)C(O)Cc1ccccc1. The molecule has 4 atom stereocenters. The largest absolute Gasteiger partial charge is 0.391 e. The summed E-state index contributed by atoms with van der Waals surface area (Å²) in [4.78, 5) is 12.4. The lowest BCUT2D eigenvalue weighted by molar-refractivity contribution is -0.128. The third kappa shape index (κ3) is 4.31. The highest BCUT2D eigenvalue weighted by molar-refractivity contribution is 5.79. The molecule has 1 saturated heterocycles. The van der Waals surface area contributed by atoms with E-state index in [0.717, 1.165) is 12.0 Å². The number of hydrogen-bond acceptors (Lipinski definition) is 3. The molecular formula is C18H27NO3. The van der Waals surface area contributed by atoms with Gasteiger partial charge in [0.1, 0.15) is 0 Å². The van der Waals surface area contributed by atoms with Crippen LogP contribution in [0.2, 0.25) is 0 Å². The van der Waals surface area contributed by atoms with Gasteiger partial charge in [0.15, 0.2) is 0 Å². The highest BCUT2D eigenvalue weighted by atomic mass is 16.5. The molecule has 0 saturated carbocycles. The van der Waals surface area contributed by atoms with E-state index in [1.807, 2.05) is 37.3 Å². The molecule has 0 bridgehead atoms. The van der Waals surface area contributed by atoms with Crippen molar-refractivity contribution in [3.05, 3.63) is 35.9 Å². The van der Waals surface area contributed by atoms with Crippen molar-refractivity contribution in [3.63, 3.8) is 0 Å². The van der Waals surface area contributed by atoms with Crippen LogP contribution in [-0.2, 0) is 16.0 Å². The summed E-state index contributed by atoms with van der Waals surface area (Å²) in [5.74, 6) is 0.213. The van der Waals surface area contributed by atoms with E-state index in [9.17, 15) is 9.90 Å². The molecule has 1 aromatic rings. The highest BCUT2D eigenvalue weighted by Crippen LogP contribution is 2.27. The zero-order valence-corrected chi connectivity index (χ0v) is 13.7. The van der Waals surface area contributed by atoms with Crippen molar-refractivity contribution >= 4 is 5.91 Å². The molecule has 4 heteroatoms. The summed E-state index contributed by atoms with van der Waals surface area (Å²) in [6.07, 6.45) is 0.692. The van der Waals surface area contributed by atoms with Gasteiger partial charge < -0.3 is 15.2 Å². The van der Waals surface area contributed by atoms with E-state index in [4.69, 9.17) is 4.74 Å². The summed E-state index contributed by atoms with van der Waals surface area (Å²) < 4.78 is 5.66. The molecule has 0 aliphatic carbocycles. The van der Waals surface area contributed by atoms with Crippen LogP contribution in [0.3, 0.4) is 0 Å². The molecule has 1 fully saturated rings. The topological polar surface area (TPSA) is 58.6 Å². The van der Waals surface area contributed by atoms with E-state index in [1.165, 1.54) is 0 Å². The van der Waals surface area contributed by atoms with Gasteiger partial charge in [-0.3, -0.25) is 4.79 Å². The summed E-state index contributed by atoms with van der Waals surface area (Å²) in [6, 6.07) is 9.55. The molecular weight excluding hydrogens is 278 g/mol. The maximum absolute atomic E-state index is 12.4. The molecule has 0 spiro atoms. The smallest absolute Gasteiger partial charge is 0.226 e. The lowest BCUT2D eigenvalue weighted by atomic mass is 9.91. The number of benzene rings is 1. The van der Waals surface area contributed by atoms with Gasteiger partial charge in [-0.25, -0.2) is 0 Å². The van der Waals surface area contributed by atoms with E-state index in [2.05, 4.69) is 19.2 Å². The van der Waals surface area contributed by atoms with Gasteiger partial charge in [0, 0.05) is 13.0 Å². The van der Waals surface area contributed by atoms with Crippen molar-refractivity contribution in [1.82, 2.24) is 5.32 Å². The Balaban J connectivity index is 1.88. The van der Waals surface area contributed by atoms with Crippen molar-refractivity contribution in [2.24, 2.45) is 11.8 Å². The fraction of sp³-hybridized carbons (Fsp3) is 0.611. The maximum atomic E-state index is 12.4. The minimum Gasteiger partial charge on any atom is -0.391 e. The first-order chi connectivity index (χ1) is 10.5. The first-order valence-electron chi connectivity index (χ1n) is 8.13. The maximum Gasteiger partial charge on any atom is 0.226 e. The van der Waals surface area contributed by atoms with Gasteiger partial charge in [-0.05, 0) is 24.8 Å². The quantitative estimate of drug-likeness (QED) is 0.847. The Labute approximate surface area is 132 Å². The molecule has 1 amide bonds. The van der Waals surface area contributed by atoms with Crippen LogP contribution in [0, 0.1) is 11.8 Å². The Kier molecular flexibility index (Phi) is 5.98. The Morgan fingerprint density at radius 1 is 1.32 bits per heavy atom. The second kappa shape index (κ2) is 7.75. The fourth-order valence-electron chi connectivity index (χ4n) is 3.01. The van der Waals surface area contributed by atoms with Crippen molar-refractivity contribution in [1.29, 1.82) is 0 Å². The van der Waals surface area contributed by atoms with Crippen LogP contribution in [-0.4, -0.2) is 35.9 Å². The Morgan fingerprint density at radius 2 is 2.00 bits per heavy atom. The van der Waals surface area contributed by atoms with Gasteiger partial charge >= 0.3 is 0 Å². The summed E-state index contributed by atoms with van der Waals surface area (Å²) in [7, 11) is 0. The highest BCUT2D eigenvalue weighted by Gasteiger charge is 2.36. The van der Waals surface area contributed by atoms with Crippen LogP contribution in [0.5, 0.6) is 0 Å². The van der Waals surface area contributed by atoms with Gasteiger partial charge in [-0.15, -0.1) is 0 Å². The predicted molar refractivity (Wildman–Crippen MR) is 86.4 cm³/mol. The number of aliphatic hydroxyl groups excluding tert-OH is 1. The number of ether oxygens (including phenoxy) is 1. The fourth-order valence-corrected chi connectivity index (χ4v) is 3.01. The third-order valence-corrected chi connectivity index (χ3v) is 4.36. The van der Waals surface area contributed by atoms with Crippen LogP contribution < -0.4 is 5.32 Å². The number of carbonyl (C=O) groups is 1. The number of hydrogen-bond donors (Lipinski definition) is 2. The van der Waals surface area contributed by atoms with E-state index < -0.39 is 6.10 Å². The molecule has 4 nitrogen and oxygen atoms in total. The van der Waals surface area contributed by atoms with E-state index in [1.54, 1.807) is 0 Å². The average molecular weight is 305 g/mol. The van der Waals surface area contributed by atoms with E-state index in [-0.39, 0.29) is 24.0 Å². The van der Waals surface area contributed by atoms with Crippen LogP contribution in [0.15, 0.2) is 30.3 Å². The van der Waals surface area contributed by atoms with Crippen molar-refractivity contribution in [3.8, 4) is 0 Å². The first-order valence-corrected chi connectivity index (χ1v) is 8.13. The monoisotopic (exact) mass is 305 g/mol. The standard InChI is InChI=1S/C18H27NO3/c1-12(2)17-15(9-10-22-17)18(21)19-13(3)16(20)11-14-7-5-4-6-8-14/h4-8,12-13,15-17,20H,9-11H2,1-3H3,(H,19,21). The molecule has 1 heterocycles. The average Bonchev–Trinajstić information content (AvgIpc) is 2.98. The minimum absolute atomic E-state index is 0.00388. The van der Waals surface area contributed by atoms with Crippen molar-refractivity contribution < 1.29 is 14.6 Å². The zero-order chi connectivity index (χ0) is 16.1. The molecule has 22 heavy (non-hydrogen) atoms. The lowest BCUT2D eigenvalue weighted by Crippen LogP contribution is -2.46. The first kappa shape index (κ1) is 17.0. The van der Waals surface area contributed by atoms with E-state index in [0.29, 0.717) is 18.9 Å². The van der Waals surface area contributed by atoms with Crippen LogP contribution in [0.25, 0.3) is 0 Å². The van der Waals surface area contributed by atoms with Crippen molar-refractivity contribution in [2.45, 2.75) is 51.9 Å². The molecule has 0 radical (unpaired) electrons. The summed E-state index contributed by atoms with van der Waals surface area (Å²) in [5.41, 5.74) is 1.07. The number of aliphatic hydroxyl groups is 1. The molecule has 0 aromatic heterocycles. The van der Waals surface area contributed by atoms with Gasteiger partial charge in [-0.1, -0.05) is 44.2 Å². The number of nitrogens with one attached hydrogen (secondary N) is 1. The normalized spacial score (nSPS) is 24.2. The number of rotatable bonds is 6. The van der Waals surface area contributed by atoms with Gasteiger partial charge in [0.25, 0.3) is 0 Å². The third-order valence-electron chi connectivity index (χ3n) is 4.36. The number of amides is 1. The van der Waals surface area contributed by atoms with Crippen molar-refractivity contribution in [2.75, 3.05) is 6.61 Å². The Bertz CT molecular complexity index is 474. The van der Waals surface area contributed by atoms with Gasteiger partial charge in [0.2, 0.25) is 5.91 Å². The van der Waals surface area contributed by atoms with Gasteiger partial charge in [-0.2, -0.15) is 0 Å². The molecule has 4 unspecified atom stereocenters. The van der Waals surface area contributed by atoms with Crippen LogP contribution in [0.4, 0.5) is 0 Å². The molecule has 2 N–H and O–H groups in total. The number of carbonyl (C=O) groups excluding carboxylic acids is 1. The summed E-state index contributed by atoms with van der Waals surface area (Å²) >= 11 is 0.